The Labute approximate surface area is 125 Å². The van der Waals surface area contributed by atoms with E-state index in [4.69, 9.17) is 10.8 Å². The first-order chi connectivity index (χ1) is 9.79. The summed E-state index contributed by atoms with van der Waals surface area (Å²) in [6.45, 7) is 0. The predicted octanol–water partition coefficient (Wildman–Crippen LogP) is 3.55. The number of aromatic nitrogens is 1. The average Bonchev–Trinajstić information content (AvgIpc) is 2.49. The molecule has 100 valence electrons. The minimum absolute atomic E-state index is 0.143. The van der Waals surface area contributed by atoms with Gasteiger partial charge in [-0.2, -0.15) is 0 Å². The molecular weight excluding hydrogens is 314 g/mol. The molecule has 1 aromatic heterocycles. The lowest BCUT2D eigenvalue weighted by molar-refractivity contribution is 0.620. The lowest BCUT2D eigenvalue weighted by atomic mass is 10.0. The molecule has 0 saturated heterocycles. The molecule has 0 aliphatic carbocycles. The van der Waals surface area contributed by atoms with E-state index in [1.165, 1.54) is 0 Å². The molecule has 0 aliphatic rings. The molecule has 0 amide bonds. The van der Waals surface area contributed by atoms with Crippen LogP contribution in [-0.4, -0.2) is 4.98 Å². The van der Waals surface area contributed by atoms with Gasteiger partial charge in [-0.05, 0) is 33.6 Å². The number of hydrogen-bond donors (Lipinski definition) is 2. The van der Waals surface area contributed by atoms with Crippen molar-refractivity contribution in [2.75, 3.05) is 0 Å². The zero-order chi connectivity index (χ0) is 13.9. The summed E-state index contributed by atoms with van der Waals surface area (Å²) in [6.07, 6.45) is 0. The van der Waals surface area contributed by atoms with E-state index in [0.29, 0.717) is 0 Å². The Morgan fingerprint density at radius 1 is 1.00 bits per heavy atom. The van der Waals surface area contributed by atoms with Crippen LogP contribution in [0.4, 0.5) is 0 Å². The highest BCUT2D eigenvalue weighted by Gasteiger charge is 2.17. The summed E-state index contributed by atoms with van der Waals surface area (Å²) >= 11 is 3.60. The Kier molecular flexibility index (Phi) is 3.78. The number of halogens is 1. The van der Waals surface area contributed by atoms with E-state index in [1.807, 2.05) is 54.6 Å². The third-order valence-corrected chi connectivity index (χ3v) is 3.91. The third kappa shape index (κ3) is 2.45. The van der Waals surface area contributed by atoms with E-state index in [-0.39, 0.29) is 6.04 Å². The zero-order valence-electron chi connectivity index (χ0n) is 10.8. The van der Waals surface area contributed by atoms with E-state index >= 15 is 0 Å². The van der Waals surface area contributed by atoms with Gasteiger partial charge in [0.2, 0.25) is 0 Å². The number of pyridine rings is 1. The van der Waals surface area contributed by atoms with E-state index in [9.17, 15) is 0 Å². The van der Waals surface area contributed by atoms with Crippen LogP contribution in [-0.2, 0) is 0 Å². The van der Waals surface area contributed by atoms with Crippen molar-refractivity contribution in [2.24, 2.45) is 5.84 Å². The third-order valence-electron chi connectivity index (χ3n) is 3.28. The molecule has 2 aromatic carbocycles. The standard InChI is InChI=1S/C16H14BrN3/c17-13-10-12-8-4-5-9-14(12)19-16(13)15(20-18)11-6-2-1-3-7-11/h1-10,15,20H,18H2. The fourth-order valence-electron chi connectivity index (χ4n) is 2.29. The van der Waals surface area contributed by atoms with Crippen molar-refractivity contribution in [1.29, 1.82) is 0 Å². The maximum Gasteiger partial charge on any atom is 0.0893 e. The van der Waals surface area contributed by atoms with E-state index in [1.54, 1.807) is 0 Å². The van der Waals surface area contributed by atoms with Crippen LogP contribution in [0.2, 0.25) is 0 Å². The van der Waals surface area contributed by atoms with Crippen molar-refractivity contribution in [3.8, 4) is 0 Å². The van der Waals surface area contributed by atoms with Crippen LogP contribution in [0.3, 0.4) is 0 Å². The van der Waals surface area contributed by atoms with Crippen molar-refractivity contribution >= 4 is 26.8 Å². The second-order valence-electron chi connectivity index (χ2n) is 4.56. The summed E-state index contributed by atoms with van der Waals surface area (Å²) < 4.78 is 0.947. The van der Waals surface area contributed by atoms with Crippen LogP contribution in [0.15, 0.2) is 65.1 Å². The summed E-state index contributed by atoms with van der Waals surface area (Å²) in [5.74, 6) is 5.74. The predicted molar refractivity (Wildman–Crippen MR) is 85.1 cm³/mol. The highest BCUT2D eigenvalue weighted by molar-refractivity contribution is 9.10. The molecule has 0 bridgehead atoms. The van der Waals surface area contributed by atoms with Crippen molar-refractivity contribution < 1.29 is 0 Å². The Balaban J connectivity index is 2.14. The first kappa shape index (κ1) is 13.2. The van der Waals surface area contributed by atoms with Gasteiger partial charge in [0.25, 0.3) is 0 Å². The maximum absolute atomic E-state index is 5.74. The van der Waals surface area contributed by atoms with Gasteiger partial charge in [0.15, 0.2) is 0 Å². The van der Waals surface area contributed by atoms with Gasteiger partial charge in [-0.1, -0.05) is 48.5 Å². The Hall–Kier alpha value is -1.75. The number of hydrogen-bond acceptors (Lipinski definition) is 3. The number of nitrogens with one attached hydrogen (secondary N) is 1. The minimum atomic E-state index is -0.143. The molecular formula is C16H14BrN3. The number of nitrogens with zero attached hydrogens (tertiary/aromatic N) is 1. The molecule has 0 aliphatic heterocycles. The van der Waals surface area contributed by atoms with Gasteiger partial charge in [-0.3, -0.25) is 5.84 Å². The molecule has 1 unspecified atom stereocenters. The molecule has 1 atom stereocenters. The summed E-state index contributed by atoms with van der Waals surface area (Å²) in [7, 11) is 0. The maximum atomic E-state index is 5.74. The Morgan fingerprint density at radius 3 is 2.45 bits per heavy atom. The minimum Gasteiger partial charge on any atom is -0.271 e. The molecule has 3 N–H and O–H groups in total. The highest BCUT2D eigenvalue weighted by atomic mass is 79.9. The van der Waals surface area contributed by atoms with Crippen LogP contribution < -0.4 is 11.3 Å². The van der Waals surface area contributed by atoms with Crippen molar-refractivity contribution in [3.63, 3.8) is 0 Å². The Morgan fingerprint density at radius 2 is 1.70 bits per heavy atom. The zero-order valence-corrected chi connectivity index (χ0v) is 12.3. The molecule has 3 nitrogen and oxygen atoms in total. The largest absolute Gasteiger partial charge is 0.271 e. The first-order valence-corrected chi connectivity index (χ1v) is 7.15. The van der Waals surface area contributed by atoms with Crippen LogP contribution in [0, 0.1) is 0 Å². The molecule has 0 spiro atoms. The summed E-state index contributed by atoms with van der Waals surface area (Å²) in [5, 5.41) is 1.10. The second kappa shape index (κ2) is 5.71. The number of para-hydroxylation sites is 1. The van der Waals surface area contributed by atoms with Crippen molar-refractivity contribution in [3.05, 3.63) is 76.4 Å². The van der Waals surface area contributed by atoms with E-state index in [2.05, 4.69) is 27.4 Å². The van der Waals surface area contributed by atoms with Crippen LogP contribution in [0.5, 0.6) is 0 Å². The first-order valence-electron chi connectivity index (χ1n) is 6.36. The number of hydrazine groups is 1. The number of nitrogens with two attached hydrogens (primary N) is 1. The number of benzene rings is 2. The second-order valence-corrected chi connectivity index (χ2v) is 5.41. The van der Waals surface area contributed by atoms with Crippen LogP contribution in [0.25, 0.3) is 10.9 Å². The summed E-state index contributed by atoms with van der Waals surface area (Å²) in [4.78, 5) is 4.73. The van der Waals surface area contributed by atoms with Gasteiger partial charge < -0.3 is 0 Å². The molecule has 20 heavy (non-hydrogen) atoms. The van der Waals surface area contributed by atoms with Gasteiger partial charge in [-0.25, -0.2) is 10.4 Å². The fourth-order valence-corrected chi connectivity index (χ4v) is 2.85. The highest BCUT2D eigenvalue weighted by Crippen LogP contribution is 2.29. The van der Waals surface area contributed by atoms with Gasteiger partial charge >= 0.3 is 0 Å². The molecule has 4 heteroatoms. The normalized spacial score (nSPS) is 12.5. The molecule has 0 saturated carbocycles. The van der Waals surface area contributed by atoms with Gasteiger partial charge in [0.1, 0.15) is 0 Å². The smallest absolute Gasteiger partial charge is 0.0893 e. The van der Waals surface area contributed by atoms with E-state index in [0.717, 1.165) is 26.6 Å². The van der Waals surface area contributed by atoms with Gasteiger partial charge in [-0.15, -0.1) is 0 Å². The molecule has 0 fully saturated rings. The molecule has 3 rings (SSSR count). The van der Waals surface area contributed by atoms with Crippen molar-refractivity contribution in [2.45, 2.75) is 6.04 Å². The summed E-state index contributed by atoms with van der Waals surface area (Å²) in [5.41, 5.74) is 5.78. The molecule has 3 aromatic rings. The summed E-state index contributed by atoms with van der Waals surface area (Å²) in [6, 6.07) is 20.0. The lowest BCUT2D eigenvalue weighted by Gasteiger charge is -2.18. The number of rotatable bonds is 3. The SMILES string of the molecule is NNC(c1ccccc1)c1nc2ccccc2cc1Br. The average molecular weight is 328 g/mol. The Bertz CT molecular complexity index is 728. The quantitative estimate of drug-likeness (QED) is 0.571. The van der Waals surface area contributed by atoms with Gasteiger partial charge in [0, 0.05) is 9.86 Å². The topological polar surface area (TPSA) is 50.9 Å². The monoisotopic (exact) mass is 327 g/mol. The molecule has 0 radical (unpaired) electrons. The van der Waals surface area contributed by atoms with Crippen molar-refractivity contribution in [1.82, 2.24) is 10.4 Å². The molecule has 1 heterocycles. The van der Waals surface area contributed by atoms with Crippen LogP contribution in [0.1, 0.15) is 17.3 Å². The van der Waals surface area contributed by atoms with E-state index < -0.39 is 0 Å². The number of fused-ring (bicyclic) bond motifs is 1. The van der Waals surface area contributed by atoms with Gasteiger partial charge in [0.05, 0.1) is 17.3 Å². The fraction of sp³-hybridized carbons (Fsp3) is 0.0625. The lowest BCUT2D eigenvalue weighted by Crippen LogP contribution is -2.29. The van der Waals surface area contributed by atoms with Crippen LogP contribution >= 0.6 is 15.9 Å².